The van der Waals surface area contributed by atoms with Crippen LogP contribution >= 0.6 is 11.6 Å². The first kappa shape index (κ1) is 19.1. The van der Waals surface area contributed by atoms with Crippen molar-refractivity contribution in [2.24, 2.45) is 0 Å². The topological polar surface area (TPSA) is 52.0 Å². The van der Waals surface area contributed by atoms with E-state index < -0.39 is 0 Å². The van der Waals surface area contributed by atoms with Crippen molar-refractivity contribution in [3.8, 4) is 11.5 Å². The maximum Gasteiger partial charge on any atom is 0.279 e. The highest BCUT2D eigenvalue weighted by atomic mass is 35.5. The largest absolute Gasteiger partial charge is 0.486 e. The summed E-state index contributed by atoms with van der Waals surface area (Å²) in [5.74, 6) is 1.60. The highest BCUT2D eigenvalue weighted by molar-refractivity contribution is 6.34. The third-order valence-corrected chi connectivity index (χ3v) is 5.83. The number of nitrogens with one attached hydrogen (secondary N) is 2. The fraction of sp³-hybridized carbons (Fsp3) is 0.409. The Labute approximate surface area is 170 Å². The number of likely N-dealkylation sites (tertiary alicyclic amines) is 1. The van der Waals surface area contributed by atoms with Crippen LogP contribution in [0.4, 0.5) is 5.69 Å². The molecule has 2 aromatic carbocycles. The number of halogens is 1. The minimum atomic E-state index is -0.00621. The molecule has 1 fully saturated rings. The number of aryl methyl sites for hydroxylation is 2. The summed E-state index contributed by atoms with van der Waals surface area (Å²) in [6.45, 7) is 6.53. The first-order valence-electron chi connectivity index (χ1n) is 9.82. The number of hydrogen-bond donors (Lipinski definition) is 2. The van der Waals surface area contributed by atoms with Gasteiger partial charge in [-0.2, -0.15) is 0 Å². The van der Waals surface area contributed by atoms with Gasteiger partial charge in [0.2, 0.25) is 0 Å². The van der Waals surface area contributed by atoms with Crippen molar-refractivity contribution < 1.29 is 19.2 Å². The summed E-state index contributed by atoms with van der Waals surface area (Å²) in [6.07, 6.45) is 2.17. The average molecular weight is 402 g/mol. The van der Waals surface area contributed by atoms with Gasteiger partial charge in [0, 0.05) is 18.4 Å². The van der Waals surface area contributed by atoms with Crippen molar-refractivity contribution in [2.75, 3.05) is 31.6 Å². The van der Waals surface area contributed by atoms with Gasteiger partial charge in [0.25, 0.3) is 5.91 Å². The lowest BCUT2D eigenvalue weighted by Gasteiger charge is -2.24. The molecule has 2 heterocycles. The number of ether oxygens (including phenoxy) is 2. The molecule has 0 bridgehead atoms. The predicted molar refractivity (Wildman–Crippen MR) is 110 cm³/mol. The van der Waals surface area contributed by atoms with E-state index in [-0.39, 0.29) is 11.9 Å². The Bertz CT molecular complexity index is 876. The molecule has 2 N–H and O–H groups in total. The Kier molecular flexibility index (Phi) is 5.47. The number of rotatable bonds is 4. The molecule has 2 aliphatic heterocycles. The fourth-order valence-corrected chi connectivity index (χ4v) is 4.63. The van der Waals surface area contributed by atoms with E-state index in [4.69, 9.17) is 21.1 Å². The molecule has 1 amide bonds. The van der Waals surface area contributed by atoms with E-state index in [9.17, 15) is 4.79 Å². The molecule has 4 rings (SSSR count). The van der Waals surface area contributed by atoms with Crippen molar-refractivity contribution in [3.63, 3.8) is 0 Å². The molecule has 2 aliphatic rings. The minimum absolute atomic E-state index is 0.00621. The highest BCUT2D eigenvalue weighted by Gasteiger charge is 2.32. The zero-order valence-corrected chi connectivity index (χ0v) is 17.1. The van der Waals surface area contributed by atoms with E-state index in [0.29, 0.717) is 30.5 Å². The fourth-order valence-electron chi connectivity index (χ4n) is 4.27. The van der Waals surface area contributed by atoms with E-state index in [1.165, 1.54) is 10.5 Å². The molecule has 5 nitrogen and oxygen atoms in total. The molecular weight excluding hydrogens is 376 g/mol. The molecule has 1 saturated heterocycles. The SMILES string of the molecule is Cc1cc(C)c(NC(=O)C[NH+]2CCC[C@H]2c2ccc3c(c2)OCCO3)c(Cl)c1. The van der Waals surface area contributed by atoms with E-state index in [0.717, 1.165) is 42.0 Å². The zero-order valence-electron chi connectivity index (χ0n) is 16.3. The van der Waals surface area contributed by atoms with Crippen LogP contribution in [0.1, 0.15) is 35.6 Å². The minimum Gasteiger partial charge on any atom is -0.486 e. The van der Waals surface area contributed by atoms with Gasteiger partial charge in [0.05, 0.1) is 17.3 Å². The van der Waals surface area contributed by atoms with Crippen LogP contribution in [0, 0.1) is 13.8 Å². The van der Waals surface area contributed by atoms with Gasteiger partial charge in [-0.3, -0.25) is 4.79 Å². The molecule has 0 spiro atoms. The quantitative estimate of drug-likeness (QED) is 0.827. The summed E-state index contributed by atoms with van der Waals surface area (Å²) in [6, 6.07) is 10.4. The van der Waals surface area contributed by atoms with E-state index >= 15 is 0 Å². The van der Waals surface area contributed by atoms with E-state index in [1.807, 2.05) is 32.0 Å². The van der Waals surface area contributed by atoms with Crippen LogP contribution in [0.5, 0.6) is 11.5 Å². The second kappa shape index (κ2) is 8.02. The van der Waals surface area contributed by atoms with Gasteiger partial charge in [-0.1, -0.05) is 17.7 Å². The monoisotopic (exact) mass is 401 g/mol. The summed E-state index contributed by atoms with van der Waals surface area (Å²) < 4.78 is 11.3. The summed E-state index contributed by atoms with van der Waals surface area (Å²) >= 11 is 6.34. The second-order valence-electron chi connectivity index (χ2n) is 7.67. The van der Waals surface area contributed by atoms with E-state index in [2.05, 4.69) is 17.4 Å². The Morgan fingerprint density at radius 3 is 2.75 bits per heavy atom. The molecule has 28 heavy (non-hydrogen) atoms. The van der Waals surface area contributed by atoms with Crippen LogP contribution in [0.3, 0.4) is 0 Å². The lowest BCUT2D eigenvalue weighted by atomic mass is 10.0. The van der Waals surface area contributed by atoms with Crippen LogP contribution in [-0.4, -0.2) is 32.2 Å². The van der Waals surface area contributed by atoms with Gasteiger partial charge < -0.3 is 19.7 Å². The molecule has 0 aromatic heterocycles. The van der Waals surface area contributed by atoms with Gasteiger partial charge in [-0.15, -0.1) is 0 Å². The highest BCUT2D eigenvalue weighted by Crippen LogP contribution is 2.33. The molecule has 148 valence electrons. The van der Waals surface area contributed by atoms with Crippen LogP contribution in [0.2, 0.25) is 5.02 Å². The summed E-state index contributed by atoms with van der Waals surface area (Å²) in [5.41, 5.74) is 3.99. The standard InChI is InChI=1S/C22H25ClN2O3/c1-14-10-15(2)22(17(23)11-14)24-21(26)13-25-7-3-4-18(25)16-5-6-19-20(12-16)28-9-8-27-19/h5-6,10-12,18H,3-4,7-9,13H2,1-2H3,(H,24,26)/p+1/t18-/m0/s1. The molecule has 2 atom stereocenters. The average Bonchev–Trinajstić information content (AvgIpc) is 3.12. The molecular formula is C22H26ClN2O3+. The number of carbonyl (C=O) groups excluding carboxylic acids is 1. The van der Waals surface area contributed by atoms with Gasteiger partial charge in [-0.25, -0.2) is 0 Å². The van der Waals surface area contributed by atoms with Crippen molar-refractivity contribution in [2.45, 2.75) is 32.7 Å². The lowest BCUT2D eigenvalue weighted by Crippen LogP contribution is -3.11. The Morgan fingerprint density at radius 2 is 1.96 bits per heavy atom. The van der Waals surface area contributed by atoms with Gasteiger partial charge in [0.15, 0.2) is 18.0 Å². The third kappa shape index (κ3) is 3.96. The third-order valence-electron chi connectivity index (χ3n) is 5.54. The van der Waals surface area contributed by atoms with Crippen molar-refractivity contribution in [3.05, 3.63) is 52.0 Å². The van der Waals surface area contributed by atoms with Gasteiger partial charge in [0.1, 0.15) is 19.3 Å². The summed E-state index contributed by atoms with van der Waals surface area (Å²) in [5, 5.41) is 3.61. The van der Waals surface area contributed by atoms with Crippen molar-refractivity contribution >= 4 is 23.2 Å². The smallest absolute Gasteiger partial charge is 0.279 e. The first-order valence-corrected chi connectivity index (χ1v) is 10.2. The Morgan fingerprint density at radius 1 is 1.18 bits per heavy atom. The Balaban J connectivity index is 1.46. The molecule has 6 heteroatoms. The number of carbonyl (C=O) groups is 1. The number of fused-ring (bicyclic) bond motifs is 1. The van der Waals surface area contributed by atoms with Crippen molar-refractivity contribution in [1.29, 1.82) is 0 Å². The van der Waals surface area contributed by atoms with Crippen LogP contribution in [0.15, 0.2) is 30.3 Å². The van der Waals surface area contributed by atoms with Gasteiger partial charge >= 0.3 is 0 Å². The number of amides is 1. The maximum atomic E-state index is 12.7. The summed E-state index contributed by atoms with van der Waals surface area (Å²) in [7, 11) is 0. The summed E-state index contributed by atoms with van der Waals surface area (Å²) in [4.78, 5) is 14.0. The molecule has 1 unspecified atom stereocenters. The predicted octanol–water partition coefficient (Wildman–Crippen LogP) is 3.09. The number of anilines is 1. The lowest BCUT2D eigenvalue weighted by molar-refractivity contribution is -0.910. The van der Waals surface area contributed by atoms with Crippen molar-refractivity contribution in [1.82, 2.24) is 0 Å². The number of hydrogen-bond acceptors (Lipinski definition) is 3. The van der Waals surface area contributed by atoms with Gasteiger partial charge in [-0.05, 0) is 49.2 Å². The molecule has 2 aromatic rings. The molecule has 0 saturated carbocycles. The maximum absolute atomic E-state index is 12.7. The first-order chi connectivity index (χ1) is 13.5. The second-order valence-corrected chi connectivity index (χ2v) is 8.08. The molecule has 0 radical (unpaired) electrons. The Hall–Kier alpha value is -2.24. The van der Waals surface area contributed by atoms with Crippen LogP contribution in [0.25, 0.3) is 0 Å². The van der Waals surface area contributed by atoms with Crippen LogP contribution in [-0.2, 0) is 4.79 Å². The number of benzene rings is 2. The zero-order chi connectivity index (χ0) is 19.7. The van der Waals surface area contributed by atoms with Crippen LogP contribution < -0.4 is 19.7 Å². The number of quaternary nitrogens is 1. The molecule has 0 aliphatic carbocycles. The van der Waals surface area contributed by atoms with E-state index in [1.54, 1.807) is 0 Å². The normalized spacial score (nSPS) is 20.8.